The van der Waals surface area contributed by atoms with Crippen LogP contribution in [0.5, 0.6) is 0 Å². The Labute approximate surface area is 198 Å². The summed E-state index contributed by atoms with van der Waals surface area (Å²) in [7, 11) is 1.73. The summed E-state index contributed by atoms with van der Waals surface area (Å²) in [5, 5.41) is 7.79. The fourth-order valence-corrected chi connectivity index (χ4v) is 4.75. The number of urea groups is 1. The molecule has 0 spiro atoms. The molecule has 0 bridgehead atoms. The summed E-state index contributed by atoms with van der Waals surface area (Å²) in [4.78, 5) is 41.8. The molecule has 2 N–H and O–H groups in total. The van der Waals surface area contributed by atoms with Crippen LogP contribution in [-0.4, -0.2) is 40.7 Å². The average molecular weight is 455 g/mol. The van der Waals surface area contributed by atoms with E-state index in [-0.39, 0.29) is 17.8 Å². The molecule has 34 heavy (non-hydrogen) atoms. The number of amides is 4. The van der Waals surface area contributed by atoms with E-state index in [1.54, 1.807) is 22.9 Å². The number of carbonyl (C=O) groups excluding carboxylic acids is 3. The average Bonchev–Trinajstić information content (AvgIpc) is 3.16. The van der Waals surface area contributed by atoms with Crippen molar-refractivity contribution in [3.05, 3.63) is 89.6 Å². The summed E-state index contributed by atoms with van der Waals surface area (Å²) >= 11 is 0. The molecule has 2 aliphatic heterocycles. The number of fused-ring (bicyclic) bond motifs is 2. The number of hydrogen-bond acceptors (Lipinski definition) is 3. The van der Waals surface area contributed by atoms with Crippen molar-refractivity contribution in [2.75, 3.05) is 12.4 Å². The molecule has 0 aliphatic carbocycles. The molecule has 3 aromatic rings. The van der Waals surface area contributed by atoms with Gasteiger partial charge in [-0.1, -0.05) is 55.1 Å². The van der Waals surface area contributed by atoms with E-state index in [1.807, 2.05) is 54.6 Å². The zero-order valence-corrected chi connectivity index (χ0v) is 19.0. The summed E-state index contributed by atoms with van der Waals surface area (Å²) in [6.45, 7) is 4.51. The highest BCUT2D eigenvalue weighted by molar-refractivity contribution is 6.03. The van der Waals surface area contributed by atoms with Gasteiger partial charge in [0.05, 0.1) is 5.69 Å². The molecule has 7 heteroatoms. The Kier molecular flexibility index (Phi) is 5.53. The van der Waals surface area contributed by atoms with E-state index in [0.29, 0.717) is 37.2 Å². The molecular formula is C27H26N4O3. The summed E-state index contributed by atoms with van der Waals surface area (Å²) in [6.07, 6.45) is 1.22. The standard InChI is InChI=1S/C27H26N4O3/c1-17-13-14-24(25(32)28-17)31-16-22-19(9-5-11-21(22)26(31)33)15-30(2)27(34)29-23-12-6-8-18-7-3-4-10-20(18)23/h3-12,24H,1,13-16H2,2H3,(H,28,32)(H,29,34). The Morgan fingerprint density at radius 3 is 2.71 bits per heavy atom. The Hall–Kier alpha value is -4.13. The molecule has 5 rings (SSSR count). The maximum absolute atomic E-state index is 13.1. The number of rotatable bonds is 4. The van der Waals surface area contributed by atoms with Gasteiger partial charge in [0, 0.05) is 36.8 Å². The van der Waals surface area contributed by atoms with E-state index in [9.17, 15) is 14.4 Å². The maximum Gasteiger partial charge on any atom is 0.321 e. The Morgan fingerprint density at radius 1 is 1.12 bits per heavy atom. The lowest BCUT2D eigenvalue weighted by Gasteiger charge is -2.31. The van der Waals surface area contributed by atoms with Crippen molar-refractivity contribution in [1.82, 2.24) is 15.1 Å². The third-order valence-corrected chi connectivity index (χ3v) is 6.58. The number of piperidine rings is 1. The first-order valence-corrected chi connectivity index (χ1v) is 11.3. The predicted octanol–water partition coefficient (Wildman–Crippen LogP) is 4.25. The normalized spacial score (nSPS) is 17.5. The molecule has 172 valence electrons. The van der Waals surface area contributed by atoms with Crippen LogP contribution in [0.2, 0.25) is 0 Å². The topological polar surface area (TPSA) is 81.8 Å². The molecule has 2 heterocycles. The van der Waals surface area contributed by atoms with Crippen LogP contribution < -0.4 is 10.6 Å². The Bertz CT molecular complexity index is 1330. The van der Waals surface area contributed by atoms with E-state index >= 15 is 0 Å². The highest BCUT2D eigenvalue weighted by Gasteiger charge is 2.38. The van der Waals surface area contributed by atoms with Crippen LogP contribution >= 0.6 is 0 Å². The van der Waals surface area contributed by atoms with Gasteiger partial charge in [0.15, 0.2) is 0 Å². The molecule has 2 aliphatic rings. The largest absolute Gasteiger partial charge is 0.329 e. The van der Waals surface area contributed by atoms with Crippen LogP contribution in [-0.2, 0) is 17.9 Å². The molecule has 1 saturated heterocycles. The lowest BCUT2D eigenvalue weighted by Crippen LogP contribution is -2.49. The number of carbonyl (C=O) groups is 3. The van der Waals surface area contributed by atoms with Gasteiger partial charge in [-0.25, -0.2) is 4.79 Å². The minimum Gasteiger partial charge on any atom is -0.329 e. The van der Waals surface area contributed by atoms with Crippen molar-refractivity contribution in [2.45, 2.75) is 32.0 Å². The first-order chi connectivity index (χ1) is 16.4. The summed E-state index contributed by atoms with van der Waals surface area (Å²) < 4.78 is 0. The molecule has 3 aromatic carbocycles. The third-order valence-electron chi connectivity index (χ3n) is 6.58. The van der Waals surface area contributed by atoms with Crippen molar-refractivity contribution in [2.24, 2.45) is 0 Å². The van der Waals surface area contributed by atoms with Crippen LogP contribution in [0.25, 0.3) is 10.8 Å². The van der Waals surface area contributed by atoms with E-state index < -0.39 is 6.04 Å². The SMILES string of the molecule is C=C1CCC(N2Cc3c(CN(C)C(=O)Nc4cccc5ccccc45)cccc3C2=O)C(=O)N1. The summed E-state index contributed by atoms with van der Waals surface area (Å²) in [6, 6.07) is 18.5. The van der Waals surface area contributed by atoms with Crippen LogP contribution in [0.4, 0.5) is 10.5 Å². The highest BCUT2D eigenvalue weighted by Crippen LogP contribution is 2.31. The van der Waals surface area contributed by atoms with Gasteiger partial charge < -0.3 is 20.4 Å². The minimum absolute atomic E-state index is 0.146. The van der Waals surface area contributed by atoms with Crippen molar-refractivity contribution < 1.29 is 14.4 Å². The van der Waals surface area contributed by atoms with E-state index in [0.717, 1.165) is 27.6 Å². The van der Waals surface area contributed by atoms with E-state index in [1.165, 1.54) is 0 Å². The number of anilines is 1. The van der Waals surface area contributed by atoms with Gasteiger partial charge in [-0.3, -0.25) is 9.59 Å². The van der Waals surface area contributed by atoms with Crippen molar-refractivity contribution in [1.29, 1.82) is 0 Å². The zero-order valence-electron chi connectivity index (χ0n) is 19.0. The van der Waals surface area contributed by atoms with Crippen LogP contribution in [0, 0.1) is 0 Å². The third kappa shape index (κ3) is 3.90. The monoisotopic (exact) mass is 454 g/mol. The number of nitrogens with zero attached hydrogens (tertiary/aromatic N) is 2. The summed E-state index contributed by atoms with van der Waals surface area (Å²) in [5.41, 5.74) is 3.79. The van der Waals surface area contributed by atoms with Gasteiger partial charge in [-0.05, 0) is 41.5 Å². The van der Waals surface area contributed by atoms with Gasteiger partial charge in [0.25, 0.3) is 5.91 Å². The highest BCUT2D eigenvalue weighted by atomic mass is 16.2. The Balaban J connectivity index is 1.33. The van der Waals surface area contributed by atoms with Gasteiger partial charge in [-0.2, -0.15) is 0 Å². The van der Waals surface area contributed by atoms with Gasteiger partial charge in [0.1, 0.15) is 6.04 Å². The van der Waals surface area contributed by atoms with Gasteiger partial charge in [0.2, 0.25) is 5.91 Å². The molecule has 1 atom stereocenters. The smallest absolute Gasteiger partial charge is 0.321 e. The second-order valence-electron chi connectivity index (χ2n) is 8.84. The lowest BCUT2D eigenvalue weighted by atomic mass is 10.0. The molecule has 0 radical (unpaired) electrons. The van der Waals surface area contributed by atoms with E-state index in [2.05, 4.69) is 17.2 Å². The summed E-state index contributed by atoms with van der Waals surface area (Å²) in [5.74, 6) is -0.335. The fourth-order valence-electron chi connectivity index (χ4n) is 4.75. The van der Waals surface area contributed by atoms with E-state index in [4.69, 9.17) is 0 Å². The number of hydrogen-bond donors (Lipinski definition) is 2. The van der Waals surface area contributed by atoms with Crippen molar-refractivity contribution >= 4 is 34.3 Å². The number of allylic oxidation sites excluding steroid dienone is 1. The van der Waals surface area contributed by atoms with Crippen molar-refractivity contribution in [3.63, 3.8) is 0 Å². The predicted molar refractivity (Wildman–Crippen MR) is 131 cm³/mol. The first-order valence-electron chi connectivity index (χ1n) is 11.3. The molecule has 1 fully saturated rings. The maximum atomic E-state index is 13.1. The molecular weight excluding hydrogens is 428 g/mol. The van der Waals surface area contributed by atoms with Crippen LogP contribution in [0.1, 0.15) is 34.3 Å². The van der Waals surface area contributed by atoms with Gasteiger partial charge in [-0.15, -0.1) is 0 Å². The molecule has 1 unspecified atom stereocenters. The fraction of sp³-hybridized carbons (Fsp3) is 0.222. The number of benzene rings is 3. The second-order valence-corrected chi connectivity index (χ2v) is 8.84. The molecule has 0 aromatic heterocycles. The van der Waals surface area contributed by atoms with Gasteiger partial charge >= 0.3 is 6.03 Å². The molecule has 4 amide bonds. The second kappa shape index (κ2) is 8.67. The first kappa shape index (κ1) is 21.7. The van der Waals surface area contributed by atoms with Crippen LogP contribution in [0.15, 0.2) is 72.9 Å². The molecule has 7 nitrogen and oxygen atoms in total. The van der Waals surface area contributed by atoms with Crippen LogP contribution in [0.3, 0.4) is 0 Å². The quantitative estimate of drug-likeness (QED) is 0.618. The zero-order chi connectivity index (χ0) is 23.8. The number of nitrogens with one attached hydrogen (secondary N) is 2. The lowest BCUT2D eigenvalue weighted by molar-refractivity contribution is -0.126. The van der Waals surface area contributed by atoms with Crippen molar-refractivity contribution in [3.8, 4) is 0 Å². The Morgan fingerprint density at radius 2 is 1.88 bits per heavy atom. The minimum atomic E-state index is -0.509. The molecule has 0 saturated carbocycles.